The van der Waals surface area contributed by atoms with Crippen LogP contribution in [0.25, 0.3) is 0 Å². The van der Waals surface area contributed by atoms with E-state index in [0.717, 1.165) is 0 Å². The molecule has 0 bridgehead atoms. The van der Waals surface area contributed by atoms with Crippen LogP contribution >= 0.6 is 0 Å². The Bertz CT molecular complexity index is 187. The SMILES string of the molecule is COC(C)(C)CC(C)(C)OC(N)=O. The van der Waals surface area contributed by atoms with Gasteiger partial charge in [-0.1, -0.05) is 0 Å². The third-order valence-electron chi connectivity index (χ3n) is 1.78. The lowest BCUT2D eigenvalue weighted by atomic mass is 9.92. The fraction of sp³-hybridized carbons (Fsp3) is 0.889. The van der Waals surface area contributed by atoms with Crippen LogP contribution in [0.15, 0.2) is 0 Å². The van der Waals surface area contributed by atoms with E-state index < -0.39 is 11.7 Å². The highest BCUT2D eigenvalue weighted by Gasteiger charge is 2.31. The Morgan fingerprint density at radius 1 is 1.23 bits per heavy atom. The highest BCUT2D eigenvalue weighted by molar-refractivity contribution is 5.65. The summed E-state index contributed by atoms with van der Waals surface area (Å²) in [7, 11) is 1.63. The second kappa shape index (κ2) is 3.96. The van der Waals surface area contributed by atoms with Crippen LogP contribution in [0.1, 0.15) is 34.1 Å². The number of hydrogen-bond donors (Lipinski definition) is 1. The monoisotopic (exact) mass is 189 g/mol. The van der Waals surface area contributed by atoms with Gasteiger partial charge in [-0.25, -0.2) is 4.79 Å². The first-order valence-corrected chi connectivity index (χ1v) is 4.22. The number of ether oxygens (including phenoxy) is 2. The van der Waals surface area contributed by atoms with Gasteiger partial charge in [0.25, 0.3) is 0 Å². The van der Waals surface area contributed by atoms with Crippen LogP contribution < -0.4 is 5.73 Å². The van der Waals surface area contributed by atoms with Gasteiger partial charge in [0.2, 0.25) is 0 Å². The van der Waals surface area contributed by atoms with Gasteiger partial charge < -0.3 is 15.2 Å². The summed E-state index contributed by atoms with van der Waals surface area (Å²) in [5, 5.41) is 0. The van der Waals surface area contributed by atoms with Crippen molar-refractivity contribution in [3.05, 3.63) is 0 Å². The zero-order chi connectivity index (χ0) is 10.7. The summed E-state index contributed by atoms with van der Waals surface area (Å²) in [5.74, 6) is 0. The summed E-state index contributed by atoms with van der Waals surface area (Å²) in [5.41, 5.74) is 4.02. The fourth-order valence-corrected chi connectivity index (χ4v) is 1.41. The van der Waals surface area contributed by atoms with E-state index in [1.165, 1.54) is 0 Å². The van der Waals surface area contributed by atoms with E-state index in [-0.39, 0.29) is 5.60 Å². The number of carbonyl (C=O) groups is 1. The van der Waals surface area contributed by atoms with Crippen molar-refractivity contribution < 1.29 is 14.3 Å². The average molecular weight is 189 g/mol. The molecule has 0 atom stereocenters. The standard InChI is InChI=1S/C9H19NO3/c1-8(2,12-5)6-9(3,4)13-7(10)11/h6H2,1-5H3,(H2,10,11). The topological polar surface area (TPSA) is 61.6 Å². The Morgan fingerprint density at radius 3 is 2.00 bits per heavy atom. The Morgan fingerprint density at radius 2 is 1.69 bits per heavy atom. The number of hydrogen-bond acceptors (Lipinski definition) is 3. The van der Waals surface area contributed by atoms with Gasteiger partial charge in [-0.2, -0.15) is 0 Å². The molecule has 1 amide bonds. The van der Waals surface area contributed by atoms with Crippen LogP contribution in [0.2, 0.25) is 0 Å². The molecule has 0 unspecified atom stereocenters. The second-order valence-corrected chi connectivity index (χ2v) is 4.32. The van der Waals surface area contributed by atoms with E-state index in [9.17, 15) is 4.79 Å². The molecule has 78 valence electrons. The van der Waals surface area contributed by atoms with Crippen molar-refractivity contribution in [1.29, 1.82) is 0 Å². The predicted octanol–water partition coefficient (Wildman–Crippen LogP) is 1.68. The maximum atomic E-state index is 10.5. The first-order chi connectivity index (χ1) is 5.68. The van der Waals surface area contributed by atoms with Crippen molar-refractivity contribution in [3.63, 3.8) is 0 Å². The minimum Gasteiger partial charge on any atom is -0.444 e. The molecule has 0 fully saturated rings. The largest absolute Gasteiger partial charge is 0.444 e. The van der Waals surface area contributed by atoms with Crippen molar-refractivity contribution in [2.24, 2.45) is 5.73 Å². The molecule has 0 aromatic heterocycles. The molecule has 0 aliphatic rings. The highest BCUT2D eigenvalue weighted by atomic mass is 16.6. The number of nitrogens with two attached hydrogens (primary N) is 1. The average Bonchev–Trinajstić information content (AvgIpc) is 1.81. The summed E-state index contributed by atoms with van der Waals surface area (Å²) in [6, 6.07) is 0. The van der Waals surface area contributed by atoms with Crippen molar-refractivity contribution in [2.45, 2.75) is 45.3 Å². The van der Waals surface area contributed by atoms with Crippen LogP contribution in [-0.4, -0.2) is 24.4 Å². The Hall–Kier alpha value is -0.770. The summed E-state index contributed by atoms with van der Waals surface area (Å²) in [6.45, 7) is 7.47. The molecule has 0 spiro atoms. The van der Waals surface area contributed by atoms with E-state index in [1.54, 1.807) is 21.0 Å². The van der Waals surface area contributed by atoms with Crippen molar-refractivity contribution >= 4 is 6.09 Å². The van der Waals surface area contributed by atoms with Crippen molar-refractivity contribution in [2.75, 3.05) is 7.11 Å². The third kappa shape index (κ3) is 5.47. The van der Waals surface area contributed by atoms with Gasteiger partial charge in [-0.3, -0.25) is 0 Å². The van der Waals surface area contributed by atoms with Gasteiger partial charge in [-0.15, -0.1) is 0 Å². The molecule has 0 aliphatic heterocycles. The van der Waals surface area contributed by atoms with Gasteiger partial charge in [-0.05, 0) is 27.7 Å². The van der Waals surface area contributed by atoms with Gasteiger partial charge in [0.05, 0.1) is 5.60 Å². The molecule has 0 aliphatic carbocycles. The first-order valence-electron chi connectivity index (χ1n) is 4.22. The highest BCUT2D eigenvalue weighted by Crippen LogP contribution is 2.25. The van der Waals surface area contributed by atoms with Gasteiger partial charge in [0.1, 0.15) is 5.60 Å². The number of amides is 1. The number of primary amides is 1. The Kier molecular flexibility index (Phi) is 3.72. The zero-order valence-corrected chi connectivity index (χ0v) is 9.01. The van der Waals surface area contributed by atoms with Crippen LogP contribution in [0, 0.1) is 0 Å². The summed E-state index contributed by atoms with van der Waals surface area (Å²) < 4.78 is 10.2. The molecule has 4 nitrogen and oxygen atoms in total. The Balaban J connectivity index is 4.24. The number of methoxy groups -OCH3 is 1. The van der Waals surface area contributed by atoms with Crippen LogP contribution in [-0.2, 0) is 9.47 Å². The minimum absolute atomic E-state index is 0.320. The second-order valence-electron chi connectivity index (χ2n) is 4.32. The predicted molar refractivity (Wildman–Crippen MR) is 50.5 cm³/mol. The lowest BCUT2D eigenvalue weighted by molar-refractivity contribution is -0.0542. The molecule has 0 saturated heterocycles. The maximum Gasteiger partial charge on any atom is 0.405 e. The van der Waals surface area contributed by atoms with E-state index in [4.69, 9.17) is 15.2 Å². The summed E-state index contributed by atoms with van der Waals surface area (Å²) >= 11 is 0. The fourth-order valence-electron chi connectivity index (χ4n) is 1.41. The van der Waals surface area contributed by atoms with Gasteiger partial charge in [0.15, 0.2) is 0 Å². The lowest BCUT2D eigenvalue weighted by Gasteiger charge is -2.32. The normalized spacial score (nSPS) is 12.7. The van der Waals surface area contributed by atoms with E-state index >= 15 is 0 Å². The smallest absolute Gasteiger partial charge is 0.405 e. The van der Waals surface area contributed by atoms with Gasteiger partial charge >= 0.3 is 6.09 Å². The first kappa shape index (κ1) is 12.2. The van der Waals surface area contributed by atoms with Crippen molar-refractivity contribution in [3.8, 4) is 0 Å². The summed E-state index contributed by atoms with van der Waals surface area (Å²) in [4.78, 5) is 10.5. The molecular weight excluding hydrogens is 170 g/mol. The molecule has 0 radical (unpaired) electrons. The van der Waals surface area contributed by atoms with Crippen LogP contribution in [0.3, 0.4) is 0 Å². The maximum absolute atomic E-state index is 10.5. The van der Waals surface area contributed by atoms with Crippen LogP contribution in [0.5, 0.6) is 0 Å². The van der Waals surface area contributed by atoms with E-state index in [0.29, 0.717) is 6.42 Å². The lowest BCUT2D eigenvalue weighted by Crippen LogP contribution is -2.39. The molecule has 0 aromatic carbocycles. The van der Waals surface area contributed by atoms with Crippen molar-refractivity contribution in [1.82, 2.24) is 0 Å². The van der Waals surface area contributed by atoms with E-state index in [1.807, 2.05) is 13.8 Å². The van der Waals surface area contributed by atoms with E-state index in [2.05, 4.69) is 0 Å². The molecule has 0 aromatic rings. The number of rotatable bonds is 4. The third-order valence-corrected chi connectivity index (χ3v) is 1.78. The van der Waals surface area contributed by atoms with Gasteiger partial charge in [0, 0.05) is 13.5 Å². The molecular formula is C9H19NO3. The molecule has 0 saturated carbocycles. The zero-order valence-electron chi connectivity index (χ0n) is 9.01. The molecule has 4 heteroatoms. The Labute approximate surface area is 79.4 Å². The minimum atomic E-state index is -0.753. The molecule has 2 N–H and O–H groups in total. The summed E-state index contributed by atoms with van der Waals surface area (Å²) in [6.07, 6.45) is -0.156. The quantitative estimate of drug-likeness (QED) is 0.731. The number of carbonyl (C=O) groups excluding carboxylic acids is 1. The molecule has 13 heavy (non-hydrogen) atoms. The molecule has 0 heterocycles. The van der Waals surface area contributed by atoms with Crippen LogP contribution in [0.4, 0.5) is 4.79 Å². The molecule has 0 rings (SSSR count).